The molecule has 2 aromatic heterocycles. The largest absolute Gasteiger partial charge is 0.490 e. The van der Waals surface area contributed by atoms with Crippen LogP contribution in [0.3, 0.4) is 0 Å². The number of amides is 1. The number of aromatic nitrogens is 2. The van der Waals surface area contributed by atoms with Gasteiger partial charge in [0.05, 0.1) is 13.2 Å². The van der Waals surface area contributed by atoms with Crippen molar-refractivity contribution in [3.8, 4) is 22.8 Å². The molecule has 8 heteroatoms. The Hall–Kier alpha value is -3.39. The van der Waals surface area contributed by atoms with Crippen molar-refractivity contribution in [3.63, 3.8) is 0 Å². The predicted octanol–water partition coefficient (Wildman–Crippen LogP) is 5.40. The first-order chi connectivity index (χ1) is 15.2. The minimum Gasteiger partial charge on any atom is -0.490 e. The van der Waals surface area contributed by atoms with Crippen LogP contribution in [0.1, 0.15) is 19.8 Å². The molecule has 1 amide bonds. The van der Waals surface area contributed by atoms with Gasteiger partial charge in [-0.05, 0) is 49.7 Å². The molecule has 0 spiro atoms. The molecule has 0 fully saturated rings. The number of anilines is 1. The fourth-order valence-electron chi connectivity index (χ4n) is 3.17. The van der Waals surface area contributed by atoms with Crippen molar-refractivity contribution in [1.82, 2.24) is 9.38 Å². The summed E-state index contributed by atoms with van der Waals surface area (Å²) in [6.45, 7) is 2.87. The van der Waals surface area contributed by atoms with Crippen LogP contribution in [0.4, 0.5) is 10.2 Å². The molecule has 4 aromatic rings. The molecule has 0 atom stereocenters. The van der Waals surface area contributed by atoms with Gasteiger partial charge in [0.15, 0.2) is 16.5 Å². The number of hydrogen-bond donors (Lipinski definition) is 1. The van der Waals surface area contributed by atoms with Gasteiger partial charge >= 0.3 is 0 Å². The summed E-state index contributed by atoms with van der Waals surface area (Å²) < 4.78 is 26.5. The van der Waals surface area contributed by atoms with Gasteiger partial charge in [-0.25, -0.2) is 9.37 Å². The Morgan fingerprint density at radius 1 is 1.13 bits per heavy atom. The predicted molar refractivity (Wildman–Crippen MR) is 119 cm³/mol. The topological polar surface area (TPSA) is 64.9 Å². The van der Waals surface area contributed by atoms with Crippen LogP contribution in [0.15, 0.2) is 60.1 Å². The van der Waals surface area contributed by atoms with Crippen molar-refractivity contribution in [1.29, 1.82) is 0 Å². The van der Waals surface area contributed by atoms with E-state index in [1.54, 1.807) is 12.1 Å². The third kappa shape index (κ3) is 4.86. The van der Waals surface area contributed by atoms with Crippen LogP contribution in [0.25, 0.3) is 16.2 Å². The van der Waals surface area contributed by atoms with Crippen LogP contribution in [0.5, 0.6) is 11.5 Å². The molecular weight excluding hydrogens is 417 g/mol. The molecule has 0 radical (unpaired) electrons. The van der Waals surface area contributed by atoms with E-state index in [0.29, 0.717) is 42.6 Å². The monoisotopic (exact) mass is 439 g/mol. The van der Waals surface area contributed by atoms with Crippen LogP contribution < -0.4 is 14.8 Å². The van der Waals surface area contributed by atoms with E-state index in [-0.39, 0.29) is 18.1 Å². The lowest BCUT2D eigenvalue weighted by atomic mass is 10.1. The number of benzene rings is 2. The van der Waals surface area contributed by atoms with Gasteiger partial charge in [0.25, 0.3) is 0 Å². The number of nitrogens with one attached hydrogen (secondary N) is 1. The van der Waals surface area contributed by atoms with E-state index >= 15 is 0 Å². The van der Waals surface area contributed by atoms with Crippen molar-refractivity contribution < 1.29 is 18.7 Å². The number of hydrogen-bond acceptors (Lipinski definition) is 5. The molecule has 1 N–H and O–H groups in total. The first-order valence-electron chi connectivity index (χ1n) is 10.0. The number of carbonyl (C=O) groups is 1. The maximum atomic E-state index is 13.3. The average Bonchev–Trinajstić information content (AvgIpc) is 3.36. The quantitative estimate of drug-likeness (QED) is 0.355. The third-order valence-corrected chi connectivity index (χ3v) is 5.35. The van der Waals surface area contributed by atoms with Crippen LogP contribution in [-0.2, 0) is 4.79 Å². The molecule has 0 unspecified atom stereocenters. The van der Waals surface area contributed by atoms with Crippen molar-refractivity contribution in [2.24, 2.45) is 0 Å². The number of ether oxygens (including phenoxy) is 2. The highest BCUT2D eigenvalue weighted by Crippen LogP contribution is 2.31. The molecule has 2 heterocycles. The zero-order chi connectivity index (χ0) is 21.6. The molecule has 31 heavy (non-hydrogen) atoms. The number of imidazole rings is 1. The smallest absolute Gasteiger partial charge is 0.225 e. The maximum absolute atomic E-state index is 13.3. The fraction of sp³-hybridized carbons (Fsp3) is 0.217. The molecule has 0 saturated heterocycles. The van der Waals surface area contributed by atoms with Crippen molar-refractivity contribution >= 4 is 28.0 Å². The summed E-state index contributed by atoms with van der Waals surface area (Å²) in [5.41, 5.74) is 1.35. The second-order valence-corrected chi connectivity index (χ2v) is 7.62. The first kappa shape index (κ1) is 20.9. The fourth-order valence-corrected chi connectivity index (χ4v) is 3.88. The van der Waals surface area contributed by atoms with Gasteiger partial charge in [-0.1, -0.05) is 12.1 Å². The number of carbonyl (C=O) groups excluding carboxylic acids is 1. The minimum absolute atomic E-state index is 0.141. The van der Waals surface area contributed by atoms with Gasteiger partial charge in [0, 0.05) is 23.6 Å². The number of fused-ring (bicyclic) bond motifs is 1. The Kier molecular flexibility index (Phi) is 6.47. The maximum Gasteiger partial charge on any atom is 0.225 e. The lowest BCUT2D eigenvalue weighted by Gasteiger charge is -2.11. The lowest BCUT2D eigenvalue weighted by Crippen LogP contribution is -2.14. The molecule has 0 saturated carbocycles. The minimum atomic E-state index is -0.318. The highest BCUT2D eigenvalue weighted by atomic mass is 32.1. The van der Waals surface area contributed by atoms with Crippen molar-refractivity contribution in [2.75, 3.05) is 18.5 Å². The Balaban J connectivity index is 1.39. The van der Waals surface area contributed by atoms with Gasteiger partial charge < -0.3 is 14.8 Å². The molecule has 2 aromatic carbocycles. The zero-order valence-corrected chi connectivity index (χ0v) is 17.8. The Bertz CT molecular complexity index is 1170. The van der Waals surface area contributed by atoms with Gasteiger partial charge in [-0.15, -0.1) is 11.3 Å². The van der Waals surface area contributed by atoms with E-state index in [0.717, 1.165) is 10.5 Å². The average molecular weight is 440 g/mol. The van der Waals surface area contributed by atoms with Crippen LogP contribution in [0.2, 0.25) is 0 Å². The normalized spacial score (nSPS) is 10.9. The molecule has 160 valence electrons. The number of para-hydroxylation sites is 2. The van der Waals surface area contributed by atoms with E-state index in [1.807, 2.05) is 47.2 Å². The Labute approximate surface area is 183 Å². The summed E-state index contributed by atoms with van der Waals surface area (Å²) in [5, 5.41) is 4.86. The van der Waals surface area contributed by atoms with Crippen LogP contribution in [0, 0.1) is 5.82 Å². The number of nitrogens with zero attached hydrogens (tertiary/aromatic N) is 2. The molecule has 0 aliphatic carbocycles. The van der Waals surface area contributed by atoms with Gasteiger partial charge in [0.1, 0.15) is 17.3 Å². The second-order valence-electron chi connectivity index (χ2n) is 6.75. The molecule has 4 rings (SSSR count). The SMILES string of the molecule is CCOc1ccccc1OCCCC(=O)Nc1c(-c2ccc(F)cc2)nc2sccn12. The summed E-state index contributed by atoms with van der Waals surface area (Å²) in [6, 6.07) is 13.5. The van der Waals surface area contributed by atoms with Gasteiger partial charge in [0.2, 0.25) is 5.91 Å². The van der Waals surface area contributed by atoms with Crippen LogP contribution >= 0.6 is 11.3 Å². The Morgan fingerprint density at radius 3 is 2.61 bits per heavy atom. The molecule has 0 bridgehead atoms. The highest BCUT2D eigenvalue weighted by molar-refractivity contribution is 7.15. The zero-order valence-electron chi connectivity index (χ0n) is 17.0. The molecule has 0 aliphatic heterocycles. The standard InChI is InChI=1S/C23H22FN3O3S/c1-2-29-18-6-3-4-7-19(18)30-14-5-8-20(28)25-22-21(16-9-11-17(24)12-10-16)26-23-27(22)13-15-31-23/h3-4,6-7,9-13,15H,2,5,8,14H2,1H3,(H,25,28). The number of rotatable bonds is 9. The molecule has 0 aliphatic rings. The first-order valence-corrected chi connectivity index (χ1v) is 10.9. The van der Waals surface area contributed by atoms with E-state index < -0.39 is 0 Å². The van der Waals surface area contributed by atoms with Crippen molar-refractivity contribution in [2.45, 2.75) is 19.8 Å². The summed E-state index contributed by atoms with van der Waals surface area (Å²) >= 11 is 1.47. The van der Waals surface area contributed by atoms with Crippen molar-refractivity contribution in [3.05, 3.63) is 65.9 Å². The van der Waals surface area contributed by atoms with Gasteiger partial charge in [-0.2, -0.15) is 0 Å². The van der Waals surface area contributed by atoms with E-state index in [9.17, 15) is 9.18 Å². The number of thiazole rings is 1. The molecule has 6 nitrogen and oxygen atoms in total. The third-order valence-electron chi connectivity index (χ3n) is 4.59. The Morgan fingerprint density at radius 2 is 1.87 bits per heavy atom. The van der Waals surface area contributed by atoms with E-state index in [4.69, 9.17) is 9.47 Å². The molecular formula is C23H22FN3O3S. The number of halogens is 1. The van der Waals surface area contributed by atoms with E-state index in [1.165, 1.54) is 23.5 Å². The highest BCUT2D eigenvalue weighted by Gasteiger charge is 2.17. The second kappa shape index (κ2) is 9.61. The summed E-state index contributed by atoms with van der Waals surface area (Å²) in [6.07, 6.45) is 2.68. The summed E-state index contributed by atoms with van der Waals surface area (Å²) in [5.74, 6) is 1.48. The summed E-state index contributed by atoms with van der Waals surface area (Å²) in [4.78, 5) is 18.0. The van der Waals surface area contributed by atoms with Crippen LogP contribution in [-0.4, -0.2) is 28.5 Å². The van der Waals surface area contributed by atoms with E-state index in [2.05, 4.69) is 10.3 Å². The lowest BCUT2D eigenvalue weighted by molar-refractivity contribution is -0.116. The summed E-state index contributed by atoms with van der Waals surface area (Å²) in [7, 11) is 0. The van der Waals surface area contributed by atoms with Gasteiger partial charge in [-0.3, -0.25) is 9.20 Å².